The molecule has 39 heavy (non-hydrogen) atoms. The van der Waals surface area contributed by atoms with Gasteiger partial charge in [0.1, 0.15) is 5.65 Å². The van der Waals surface area contributed by atoms with E-state index in [1.165, 1.54) is 28.8 Å². The van der Waals surface area contributed by atoms with Gasteiger partial charge in [0.25, 0.3) is 5.91 Å². The van der Waals surface area contributed by atoms with Crippen LogP contribution in [0.2, 0.25) is 0 Å². The van der Waals surface area contributed by atoms with Crippen molar-refractivity contribution in [3.63, 3.8) is 0 Å². The highest BCUT2D eigenvalue weighted by atomic mass is 16.3. The molecule has 202 valence electrons. The van der Waals surface area contributed by atoms with Gasteiger partial charge in [-0.25, -0.2) is 4.98 Å². The quantitative estimate of drug-likeness (QED) is 0.396. The second-order valence-corrected chi connectivity index (χ2v) is 11.4. The topological polar surface area (TPSA) is 75.7 Å². The lowest BCUT2D eigenvalue weighted by Crippen LogP contribution is -2.54. The molecule has 4 heterocycles. The van der Waals surface area contributed by atoms with Crippen molar-refractivity contribution in [1.29, 1.82) is 0 Å². The van der Waals surface area contributed by atoms with E-state index in [0.29, 0.717) is 18.2 Å². The van der Waals surface area contributed by atoms with Gasteiger partial charge in [-0.05, 0) is 86.3 Å². The number of aliphatic hydroxyl groups is 1. The number of pyridine rings is 1. The Labute approximate surface area is 230 Å². The maximum Gasteiger partial charge on any atom is 0.253 e. The molecule has 1 fully saturated rings. The Bertz CT molecular complexity index is 1520. The molecule has 0 bridgehead atoms. The van der Waals surface area contributed by atoms with Crippen LogP contribution in [-0.2, 0) is 6.42 Å². The number of aryl methyl sites for hydroxylation is 2. The van der Waals surface area contributed by atoms with E-state index in [4.69, 9.17) is 4.98 Å². The summed E-state index contributed by atoms with van der Waals surface area (Å²) in [6.45, 7) is 7.58. The Morgan fingerprint density at radius 2 is 1.95 bits per heavy atom. The lowest BCUT2D eigenvalue weighted by Gasteiger charge is -2.46. The van der Waals surface area contributed by atoms with Gasteiger partial charge in [0.05, 0.1) is 6.10 Å². The molecule has 2 aromatic carbocycles. The molecule has 2 N–H and O–H groups in total. The first-order chi connectivity index (χ1) is 18.8. The summed E-state index contributed by atoms with van der Waals surface area (Å²) in [6, 6.07) is 15.2. The number of benzene rings is 2. The van der Waals surface area contributed by atoms with Crippen LogP contribution in [0.5, 0.6) is 0 Å². The second-order valence-electron chi connectivity index (χ2n) is 11.4. The summed E-state index contributed by atoms with van der Waals surface area (Å²) in [5.74, 6) is -0.101. The largest absolute Gasteiger partial charge is 0.392 e. The van der Waals surface area contributed by atoms with E-state index >= 15 is 0 Å². The van der Waals surface area contributed by atoms with Gasteiger partial charge in [-0.2, -0.15) is 0 Å². The van der Waals surface area contributed by atoms with Crippen LogP contribution in [-0.4, -0.2) is 83.2 Å². The van der Waals surface area contributed by atoms with Crippen LogP contribution in [0.4, 0.5) is 5.69 Å². The minimum absolute atomic E-state index is 0.101. The Hall–Kier alpha value is -3.68. The number of fused-ring (bicyclic) bond motifs is 4. The zero-order chi connectivity index (χ0) is 27.3. The zero-order valence-corrected chi connectivity index (χ0v) is 23.2. The van der Waals surface area contributed by atoms with E-state index in [9.17, 15) is 9.90 Å². The van der Waals surface area contributed by atoms with E-state index in [-0.39, 0.29) is 5.91 Å². The first kappa shape index (κ1) is 25.6. The molecule has 2 aliphatic heterocycles. The molecule has 0 spiro atoms. The minimum Gasteiger partial charge on any atom is -0.392 e. The number of piperazine rings is 1. The number of nitrogens with one attached hydrogen (secondary N) is 1. The molecule has 6 rings (SSSR count). The van der Waals surface area contributed by atoms with Crippen molar-refractivity contribution in [3.8, 4) is 22.3 Å². The van der Waals surface area contributed by atoms with Gasteiger partial charge >= 0.3 is 0 Å². The number of anilines is 1. The molecule has 0 radical (unpaired) electrons. The van der Waals surface area contributed by atoms with Crippen molar-refractivity contribution in [2.75, 3.05) is 45.2 Å². The van der Waals surface area contributed by atoms with Crippen LogP contribution in [0, 0.1) is 6.92 Å². The predicted octanol–water partition coefficient (Wildman–Crippen LogP) is 4.72. The molecule has 7 heteroatoms. The zero-order valence-electron chi connectivity index (χ0n) is 23.2. The average Bonchev–Trinajstić information content (AvgIpc) is 3.35. The molecule has 1 amide bonds. The highest BCUT2D eigenvalue weighted by Crippen LogP contribution is 2.39. The summed E-state index contributed by atoms with van der Waals surface area (Å²) < 4.78 is 0. The fourth-order valence-electron chi connectivity index (χ4n) is 6.39. The average molecular weight is 524 g/mol. The highest BCUT2D eigenvalue weighted by Gasteiger charge is 2.31. The van der Waals surface area contributed by atoms with Gasteiger partial charge in [0, 0.05) is 79.4 Å². The second kappa shape index (κ2) is 10.1. The highest BCUT2D eigenvalue weighted by molar-refractivity contribution is 5.98. The number of aromatic amines is 1. The molecule has 0 aliphatic carbocycles. The van der Waals surface area contributed by atoms with Crippen LogP contribution < -0.4 is 4.90 Å². The molecule has 2 aromatic heterocycles. The number of nitrogens with zero attached hydrogens (tertiary/aromatic N) is 4. The number of rotatable bonds is 5. The number of hydrogen-bond acceptors (Lipinski definition) is 5. The first-order valence-corrected chi connectivity index (χ1v) is 13.9. The monoisotopic (exact) mass is 523 g/mol. The van der Waals surface area contributed by atoms with Crippen LogP contribution in [0.15, 0.2) is 54.9 Å². The third-order valence-corrected chi connectivity index (χ3v) is 8.29. The van der Waals surface area contributed by atoms with Crippen molar-refractivity contribution in [3.05, 3.63) is 71.5 Å². The number of aromatic nitrogens is 2. The van der Waals surface area contributed by atoms with E-state index in [1.54, 1.807) is 18.9 Å². The lowest BCUT2D eigenvalue weighted by molar-refractivity contribution is 0.0703. The molecular weight excluding hydrogens is 486 g/mol. The van der Waals surface area contributed by atoms with E-state index in [0.717, 1.165) is 53.8 Å². The summed E-state index contributed by atoms with van der Waals surface area (Å²) >= 11 is 0. The van der Waals surface area contributed by atoms with Gasteiger partial charge in [0.2, 0.25) is 0 Å². The number of carbonyl (C=O) groups excluding carboxylic acids is 1. The van der Waals surface area contributed by atoms with E-state index < -0.39 is 6.10 Å². The number of likely N-dealkylation sites (N-methyl/N-ethyl adjacent to an activating group) is 2. The SMILES string of the molecule is Cc1cc(-c2cnc3[nH]cc(-c4ccc(C(=O)N(C)CC(C)O)cc4)c3c2)cc2c1N1CCN(C)CC1CC2. The molecule has 0 saturated carbocycles. The van der Waals surface area contributed by atoms with Gasteiger partial charge < -0.3 is 24.8 Å². The minimum atomic E-state index is -0.561. The Balaban J connectivity index is 1.30. The standard InChI is InChI=1S/C32H37N5O2/c1-20-13-25(14-24-9-10-27-19-35(3)11-12-37(27)30(20)24)26-15-28-29(17-34-31(28)33-16-26)22-5-7-23(8-6-22)32(39)36(4)18-21(2)38/h5-8,13-17,21,27,38H,9-12,18-19H2,1-4H3,(H,33,34). The Morgan fingerprint density at radius 1 is 1.15 bits per heavy atom. The number of amides is 1. The van der Waals surface area contributed by atoms with Crippen molar-refractivity contribution in [2.24, 2.45) is 0 Å². The summed E-state index contributed by atoms with van der Waals surface area (Å²) in [7, 11) is 3.94. The fourth-order valence-corrected chi connectivity index (χ4v) is 6.39. The first-order valence-electron chi connectivity index (χ1n) is 13.9. The molecule has 7 nitrogen and oxygen atoms in total. The summed E-state index contributed by atoms with van der Waals surface area (Å²) in [6.07, 6.45) is 5.71. The van der Waals surface area contributed by atoms with E-state index in [2.05, 4.69) is 47.0 Å². The fraction of sp³-hybridized carbons (Fsp3) is 0.375. The van der Waals surface area contributed by atoms with Crippen LogP contribution in [0.1, 0.15) is 34.8 Å². The smallest absolute Gasteiger partial charge is 0.253 e. The Morgan fingerprint density at radius 3 is 2.72 bits per heavy atom. The van der Waals surface area contributed by atoms with Crippen molar-refractivity contribution < 1.29 is 9.90 Å². The molecule has 4 aromatic rings. The molecule has 2 aliphatic rings. The normalized spacial score (nSPS) is 18.1. The van der Waals surface area contributed by atoms with Gasteiger partial charge in [-0.1, -0.05) is 12.1 Å². The predicted molar refractivity (Wildman–Crippen MR) is 157 cm³/mol. The number of hydrogen-bond donors (Lipinski definition) is 2. The van der Waals surface area contributed by atoms with Crippen LogP contribution in [0.3, 0.4) is 0 Å². The number of H-pyrrole nitrogens is 1. The molecule has 2 unspecified atom stereocenters. The lowest BCUT2D eigenvalue weighted by atomic mass is 9.89. The van der Waals surface area contributed by atoms with Crippen molar-refractivity contribution in [2.45, 2.75) is 38.8 Å². The maximum atomic E-state index is 12.7. The van der Waals surface area contributed by atoms with Gasteiger partial charge in [0.15, 0.2) is 0 Å². The molecule has 2 atom stereocenters. The van der Waals surface area contributed by atoms with Crippen LogP contribution >= 0.6 is 0 Å². The molecular formula is C32H37N5O2. The van der Waals surface area contributed by atoms with Crippen molar-refractivity contribution >= 4 is 22.6 Å². The Kier molecular flexibility index (Phi) is 6.65. The summed E-state index contributed by atoms with van der Waals surface area (Å²) in [5.41, 5.74) is 10.1. The van der Waals surface area contributed by atoms with E-state index in [1.807, 2.05) is 36.7 Å². The number of aliphatic hydroxyl groups excluding tert-OH is 1. The summed E-state index contributed by atoms with van der Waals surface area (Å²) in [4.78, 5) is 27.4. The third kappa shape index (κ3) is 4.81. The van der Waals surface area contributed by atoms with Gasteiger partial charge in [-0.3, -0.25) is 4.79 Å². The number of carbonyl (C=O) groups is 1. The molecule has 1 saturated heterocycles. The van der Waals surface area contributed by atoms with Crippen LogP contribution in [0.25, 0.3) is 33.3 Å². The third-order valence-electron chi connectivity index (χ3n) is 8.29. The summed E-state index contributed by atoms with van der Waals surface area (Å²) in [5, 5.41) is 10.7. The van der Waals surface area contributed by atoms with Gasteiger partial charge in [-0.15, -0.1) is 0 Å². The maximum absolute atomic E-state index is 12.7. The van der Waals surface area contributed by atoms with Crippen molar-refractivity contribution in [1.82, 2.24) is 19.8 Å².